The van der Waals surface area contributed by atoms with E-state index in [4.69, 9.17) is 27.9 Å². The Morgan fingerprint density at radius 1 is 1.00 bits per heavy atom. The molecule has 0 unspecified atom stereocenters. The second kappa shape index (κ2) is 6.61. The lowest BCUT2D eigenvalue weighted by Gasteiger charge is -2.06. The summed E-state index contributed by atoms with van der Waals surface area (Å²) in [4.78, 5) is 23.6. The fourth-order valence-electron chi connectivity index (χ4n) is 1.61. The van der Waals surface area contributed by atoms with Crippen molar-refractivity contribution >= 4 is 35.0 Å². The first-order valence-corrected chi connectivity index (χ1v) is 6.67. The van der Waals surface area contributed by atoms with Gasteiger partial charge in [-0.15, -0.1) is 0 Å². The standard InChI is InChI=1S/C15H10Cl2O4/c16-10-3-1-9(2-4-10)14(19)8-21-15(20)12-6-5-11(17)7-13(12)18/h1-7,18H,8H2. The third-order valence-electron chi connectivity index (χ3n) is 2.68. The highest BCUT2D eigenvalue weighted by atomic mass is 35.5. The van der Waals surface area contributed by atoms with Crippen LogP contribution in [-0.4, -0.2) is 23.5 Å². The summed E-state index contributed by atoms with van der Waals surface area (Å²) in [5.74, 6) is -1.47. The number of phenolic OH excluding ortho intramolecular Hbond substituents is 1. The molecule has 4 nitrogen and oxygen atoms in total. The van der Waals surface area contributed by atoms with Crippen molar-refractivity contribution in [2.45, 2.75) is 0 Å². The normalized spacial score (nSPS) is 10.2. The number of aromatic hydroxyl groups is 1. The van der Waals surface area contributed by atoms with E-state index < -0.39 is 12.6 Å². The summed E-state index contributed by atoms with van der Waals surface area (Å²) in [7, 11) is 0. The molecule has 0 aliphatic rings. The van der Waals surface area contributed by atoms with Crippen LogP contribution in [0.5, 0.6) is 5.75 Å². The molecular formula is C15H10Cl2O4. The molecule has 0 radical (unpaired) electrons. The highest BCUT2D eigenvalue weighted by Crippen LogP contribution is 2.22. The van der Waals surface area contributed by atoms with Crippen LogP contribution in [0.3, 0.4) is 0 Å². The van der Waals surface area contributed by atoms with Crippen molar-refractivity contribution in [3.63, 3.8) is 0 Å². The Morgan fingerprint density at radius 3 is 2.24 bits per heavy atom. The lowest BCUT2D eigenvalue weighted by atomic mass is 10.1. The van der Waals surface area contributed by atoms with Crippen LogP contribution in [0.25, 0.3) is 0 Å². The van der Waals surface area contributed by atoms with Gasteiger partial charge in [0.2, 0.25) is 0 Å². The molecule has 2 aromatic rings. The Balaban J connectivity index is 2.00. The maximum absolute atomic E-state index is 11.8. The van der Waals surface area contributed by atoms with E-state index in [0.717, 1.165) is 0 Å². The predicted molar refractivity (Wildman–Crippen MR) is 79.2 cm³/mol. The summed E-state index contributed by atoms with van der Waals surface area (Å²) in [5.41, 5.74) is 0.329. The van der Waals surface area contributed by atoms with E-state index in [2.05, 4.69) is 0 Å². The summed E-state index contributed by atoms with van der Waals surface area (Å²) in [5, 5.41) is 10.4. The van der Waals surface area contributed by atoms with Crippen molar-refractivity contribution in [3.8, 4) is 5.75 Å². The minimum atomic E-state index is -0.800. The Bertz CT molecular complexity index is 681. The van der Waals surface area contributed by atoms with Crippen LogP contribution in [0, 0.1) is 0 Å². The van der Waals surface area contributed by atoms with Crippen molar-refractivity contribution in [1.29, 1.82) is 0 Å². The molecule has 2 aromatic carbocycles. The van der Waals surface area contributed by atoms with Gasteiger partial charge in [0.15, 0.2) is 12.4 Å². The first kappa shape index (κ1) is 15.4. The Labute approximate surface area is 130 Å². The molecule has 0 fully saturated rings. The van der Waals surface area contributed by atoms with Gasteiger partial charge in [0.25, 0.3) is 0 Å². The molecule has 21 heavy (non-hydrogen) atoms. The molecule has 0 amide bonds. The summed E-state index contributed by atoms with van der Waals surface area (Å²) in [6, 6.07) is 10.2. The molecule has 0 atom stereocenters. The lowest BCUT2D eigenvalue weighted by Crippen LogP contribution is -2.14. The number of benzene rings is 2. The fraction of sp³-hybridized carbons (Fsp3) is 0.0667. The van der Waals surface area contributed by atoms with Crippen LogP contribution in [-0.2, 0) is 4.74 Å². The second-order valence-electron chi connectivity index (χ2n) is 4.17. The molecule has 108 valence electrons. The van der Waals surface area contributed by atoms with E-state index in [1.807, 2.05) is 0 Å². The molecule has 6 heteroatoms. The number of hydrogen-bond acceptors (Lipinski definition) is 4. The third kappa shape index (κ3) is 3.97. The number of hydrogen-bond donors (Lipinski definition) is 1. The van der Waals surface area contributed by atoms with Crippen LogP contribution in [0.2, 0.25) is 10.0 Å². The van der Waals surface area contributed by atoms with E-state index in [0.29, 0.717) is 15.6 Å². The molecule has 0 saturated carbocycles. The Kier molecular flexibility index (Phi) is 4.83. The summed E-state index contributed by atoms with van der Waals surface area (Å²) in [6.45, 7) is -0.428. The van der Waals surface area contributed by atoms with E-state index in [-0.39, 0.29) is 17.1 Å². The maximum Gasteiger partial charge on any atom is 0.342 e. The molecule has 0 aliphatic heterocycles. The number of Topliss-reactive ketones (excluding diaryl/α,β-unsaturated/α-hetero) is 1. The maximum atomic E-state index is 11.8. The van der Waals surface area contributed by atoms with Gasteiger partial charge in [0.1, 0.15) is 11.3 Å². The zero-order valence-electron chi connectivity index (χ0n) is 10.7. The fourth-order valence-corrected chi connectivity index (χ4v) is 1.90. The lowest BCUT2D eigenvalue weighted by molar-refractivity contribution is 0.0472. The van der Waals surface area contributed by atoms with E-state index in [9.17, 15) is 14.7 Å². The number of ether oxygens (including phenoxy) is 1. The highest BCUT2D eigenvalue weighted by molar-refractivity contribution is 6.31. The molecule has 0 spiro atoms. The number of phenols is 1. The number of esters is 1. The van der Waals surface area contributed by atoms with Gasteiger partial charge in [-0.05, 0) is 42.5 Å². The molecule has 2 rings (SSSR count). The Hall–Kier alpha value is -2.04. The number of carbonyl (C=O) groups excluding carboxylic acids is 2. The largest absolute Gasteiger partial charge is 0.507 e. The zero-order chi connectivity index (χ0) is 15.4. The molecule has 0 saturated heterocycles. The number of rotatable bonds is 4. The van der Waals surface area contributed by atoms with Crippen molar-refractivity contribution in [2.24, 2.45) is 0 Å². The molecular weight excluding hydrogens is 315 g/mol. The monoisotopic (exact) mass is 324 g/mol. The van der Waals surface area contributed by atoms with Gasteiger partial charge in [-0.2, -0.15) is 0 Å². The molecule has 1 N–H and O–H groups in total. The van der Waals surface area contributed by atoms with E-state index in [1.165, 1.54) is 30.3 Å². The van der Waals surface area contributed by atoms with Gasteiger partial charge in [0.05, 0.1) is 0 Å². The SMILES string of the molecule is O=C(COC(=O)c1ccc(Cl)cc1O)c1ccc(Cl)cc1. The summed E-state index contributed by atoms with van der Waals surface area (Å²) >= 11 is 11.4. The molecule has 0 aromatic heterocycles. The number of ketones is 1. The average molecular weight is 325 g/mol. The summed E-state index contributed by atoms with van der Waals surface area (Å²) in [6.07, 6.45) is 0. The quantitative estimate of drug-likeness (QED) is 0.687. The highest BCUT2D eigenvalue weighted by Gasteiger charge is 2.15. The smallest absolute Gasteiger partial charge is 0.342 e. The van der Waals surface area contributed by atoms with E-state index in [1.54, 1.807) is 12.1 Å². The topological polar surface area (TPSA) is 63.6 Å². The van der Waals surface area contributed by atoms with Gasteiger partial charge in [-0.25, -0.2) is 4.79 Å². The first-order chi connectivity index (χ1) is 9.97. The van der Waals surface area contributed by atoms with Gasteiger partial charge < -0.3 is 9.84 Å². The molecule has 0 heterocycles. The van der Waals surface area contributed by atoms with E-state index >= 15 is 0 Å². The van der Waals surface area contributed by atoms with Gasteiger partial charge in [-0.1, -0.05) is 23.2 Å². The van der Waals surface area contributed by atoms with Gasteiger partial charge >= 0.3 is 5.97 Å². The zero-order valence-corrected chi connectivity index (χ0v) is 12.2. The van der Waals surface area contributed by atoms with Crippen molar-refractivity contribution in [1.82, 2.24) is 0 Å². The van der Waals surface area contributed by atoms with Crippen LogP contribution in [0.4, 0.5) is 0 Å². The van der Waals surface area contributed by atoms with Crippen LogP contribution < -0.4 is 0 Å². The van der Waals surface area contributed by atoms with Crippen molar-refractivity contribution < 1.29 is 19.4 Å². The van der Waals surface area contributed by atoms with Crippen molar-refractivity contribution in [2.75, 3.05) is 6.61 Å². The minimum absolute atomic E-state index is 0.0525. The average Bonchev–Trinajstić information content (AvgIpc) is 2.45. The summed E-state index contributed by atoms with van der Waals surface area (Å²) < 4.78 is 4.87. The third-order valence-corrected chi connectivity index (χ3v) is 3.17. The first-order valence-electron chi connectivity index (χ1n) is 5.92. The second-order valence-corrected chi connectivity index (χ2v) is 5.04. The van der Waals surface area contributed by atoms with Crippen LogP contribution >= 0.6 is 23.2 Å². The van der Waals surface area contributed by atoms with Gasteiger partial charge in [0, 0.05) is 15.6 Å². The minimum Gasteiger partial charge on any atom is -0.507 e. The van der Waals surface area contributed by atoms with Gasteiger partial charge in [-0.3, -0.25) is 4.79 Å². The molecule has 0 bridgehead atoms. The number of halogens is 2. The molecule has 0 aliphatic carbocycles. The number of carbonyl (C=O) groups is 2. The van der Waals surface area contributed by atoms with Crippen LogP contribution in [0.15, 0.2) is 42.5 Å². The Morgan fingerprint density at radius 2 is 1.62 bits per heavy atom. The van der Waals surface area contributed by atoms with Crippen molar-refractivity contribution in [3.05, 3.63) is 63.6 Å². The van der Waals surface area contributed by atoms with Crippen LogP contribution in [0.1, 0.15) is 20.7 Å². The predicted octanol–water partition coefficient (Wildman–Crippen LogP) is 3.74.